The molecule has 2 aromatic rings. The van der Waals surface area contributed by atoms with Gasteiger partial charge in [-0.05, 0) is 30.7 Å². The summed E-state index contributed by atoms with van der Waals surface area (Å²) >= 11 is 1.40. The maximum Gasteiger partial charge on any atom is 0.255 e. The Bertz CT molecular complexity index is 1230. The summed E-state index contributed by atoms with van der Waals surface area (Å²) in [6.07, 6.45) is 0.558. The highest BCUT2D eigenvalue weighted by molar-refractivity contribution is 8.02. The second-order valence-electron chi connectivity index (χ2n) is 7.77. The van der Waals surface area contributed by atoms with Gasteiger partial charge >= 0.3 is 0 Å². The molecular weight excluding hydrogens is 475 g/mol. The van der Waals surface area contributed by atoms with E-state index >= 15 is 0 Å². The molecular formula is C21H23FN2O5S3. The van der Waals surface area contributed by atoms with E-state index in [2.05, 4.69) is 0 Å². The van der Waals surface area contributed by atoms with E-state index < -0.39 is 25.7 Å². The monoisotopic (exact) mass is 498 g/mol. The summed E-state index contributed by atoms with van der Waals surface area (Å²) in [4.78, 5) is 15.1. The Morgan fingerprint density at radius 1 is 1.00 bits per heavy atom. The molecule has 4 rings (SSSR count). The van der Waals surface area contributed by atoms with Crippen molar-refractivity contribution in [3.05, 3.63) is 59.9 Å². The van der Waals surface area contributed by atoms with E-state index in [0.717, 1.165) is 11.0 Å². The standard InChI is InChI=1S/C21H23FN2O5S3/c22-18-6-2-4-8-20(18)32(28,29)24-12-10-23(11-13-24)21(25)17-5-1-3-7-19(17)30-16-9-14-31(26,27)15-16/h1-8,16H,9-15H2/t16-/m1/s1. The number of thioether (sulfide) groups is 1. The van der Waals surface area contributed by atoms with Crippen LogP contribution in [0, 0.1) is 5.82 Å². The van der Waals surface area contributed by atoms with Gasteiger partial charge in [0.1, 0.15) is 10.7 Å². The Morgan fingerprint density at radius 3 is 2.31 bits per heavy atom. The van der Waals surface area contributed by atoms with E-state index in [9.17, 15) is 26.0 Å². The molecule has 1 amide bonds. The van der Waals surface area contributed by atoms with Crippen molar-refractivity contribution in [2.24, 2.45) is 0 Å². The fourth-order valence-corrected chi connectivity index (χ4v) is 8.98. The lowest BCUT2D eigenvalue weighted by molar-refractivity contribution is 0.0694. The fourth-order valence-electron chi connectivity index (χ4n) is 3.87. The van der Waals surface area contributed by atoms with Crippen LogP contribution < -0.4 is 0 Å². The molecule has 11 heteroatoms. The highest BCUT2D eigenvalue weighted by atomic mass is 32.2. The Kier molecular flexibility index (Phi) is 6.62. The summed E-state index contributed by atoms with van der Waals surface area (Å²) in [6, 6.07) is 12.3. The first kappa shape index (κ1) is 23.2. The molecule has 32 heavy (non-hydrogen) atoms. The SMILES string of the molecule is O=C(c1ccccc1S[C@@H]1CCS(=O)(=O)C1)N1CCN(S(=O)(=O)c2ccccc2F)CC1. The molecule has 0 aromatic heterocycles. The predicted molar refractivity (Wildman–Crippen MR) is 120 cm³/mol. The third-order valence-electron chi connectivity index (χ3n) is 5.58. The van der Waals surface area contributed by atoms with Gasteiger partial charge in [0, 0.05) is 36.3 Å². The number of rotatable bonds is 5. The number of carbonyl (C=O) groups is 1. The van der Waals surface area contributed by atoms with Crippen LogP contribution >= 0.6 is 11.8 Å². The molecule has 0 aliphatic carbocycles. The summed E-state index contributed by atoms with van der Waals surface area (Å²) in [7, 11) is -7.00. The van der Waals surface area contributed by atoms with Gasteiger partial charge in [-0.1, -0.05) is 24.3 Å². The highest BCUT2D eigenvalue weighted by Crippen LogP contribution is 2.33. The summed E-state index contributed by atoms with van der Waals surface area (Å²) < 4.78 is 64.3. The molecule has 2 aromatic carbocycles. The van der Waals surface area contributed by atoms with E-state index in [1.54, 1.807) is 17.0 Å². The maximum absolute atomic E-state index is 14.0. The van der Waals surface area contributed by atoms with Gasteiger partial charge in [0.2, 0.25) is 10.0 Å². The van der Waals surface area contributed by atoms with Crippen molar-refractivity contribution >= 4 is 37.5 Å². The first-order valence-electron chi connectivity index (χ1n) is 10.2. The van der Waals surface area contributed by atoms with Gasteiger partial charge in [0.05, 0.1) is 17.1 Å². The van der Waals surface area contributed by atoms with Gasteiger partial charge in [-0.15, -0.1) is 11.8 Å². The molecule has 0 N–H and O–H groups in total. The number of sulfone groups is 1. The predicted octanol–water partition coefficient (Wildman–Crippen LogP) is 2.25. The second-order valence-corrected chi connectivity index (χ2v) is 13.2. The number of hydrogen-bond donors (Lipinski definition) is 0. The molecule has 2 aliphatic rings. The molecule has 0 saturated carbocycles. The first-order valence-corrected chi connectivity index (χ1v) is 14.3. The summed E-state index contributed by atoms with van der Waals surface area (Å²) in [6.45, 7) is 0.504. The molecule has 0 bridgehead atoms. The number of halogens is 1. The summed E-state index contributed by atoms with van der Waals surface area (Å²) in [5, 5.41) is -0.0864. The number of benzene rings is 2. The van der Waals surface area contributed by atoms with Crippen LogP contribution in [-0.2, 0) is 19.9 Å². The van der Waals surface area contributed by atoms with Crippen molar-refractivity contribution in [3.8, 4) is 0 Å². The van der Waals surface area contributed by atoms with Gasteiger partial charge < -0.3 is 4.90 Å². The van der Waals surface area contributed by atoms with Crippen LogP contribution in [0.15, 0.2) is 58.3 Å². The smallest absolute Gasteiger partial charge is 0.255 e. The van der Waals surface area contributed by atoms with Crippen LogP contribution in [0.25, 0.3) is 0 Å². The van der Waals surface area contributed by atoms with Gasteiger partial charge in [0.15, 0.2) is 9.84 Å². The third-order valence-corrected chi connectivity index (χ3v) is 10.8. The van der Waals surface area contributed by atoms with E-state index in [0.29, 0.717) is 12.0 Å². The topological polar surface area (TPSA) is 91.8 Å². The lowest BCUT2D eigenvalue weighted by atomic mass is 10.2. The van der Waals surface area contributed by atoms with Crippen LogP contribution in [0.1, 0.15) is 16.8 Å². The quantitative estimate of drug-likeness (QED) is 0.628. The van der Waals surface area contributed by atoms with Crippen molar-refractivity contribution in [1.82, 2.24) is 9.21 Å². The highest BCUT2D eigenvalue weighted by Gasteiger charge is 2.33. The molecule has 0 unspecified atom stereocenters. The molecule has 2 aliphatic heterocycles. The second kappa shape index (κ2) is 9.12. The largest absolute Gasteiger partial charge is 0.336 e. The number of nitrogens with zero attached hydrogens (tertiary/aromatic N) is 2. The Labute approximate surface area is 191 Å². The lowest BCUT2D eigenvalue weighted by Gasteiger charge is -2.34. The number of sulfonamides is 1. The molecule has 2 fully saturated rings. The van der Waals surface area contributed by atoms with Crippen molar-refractivity contribution < 1.29 is 26.0 Å². The Balaban J connectivity index is 1.45. The lowest BCUT2D eigenvalue weighted by Crippen LogP contribution is -2.50. The minimum Gasteiger partial charge on any atom is -0.336 e. The Morgan fingerprint density at radius 2 is 1.66 bits per heavy atom. The molecule has 0 spiro atoms. The van der Waals surface area contributed by atoms with E-state index in [4.69, 9.17) is 0 Å². The average Bonchev–Trinajstić information content (AvgIpc) is 3.12. The average molecular weight is 499 g/mol. The van der Waals surface area contributed by atoms with E-state index in [1.807, 2.05) is 12.1 Å². The zero-order valence-corrected chi connectivity index (χ0v) is 19.6. The fraction of sp³-hybridized carbons (Fsp3) is 0.381. The summed E-state index contributed by atoms with van der Waals surface area (Å²) in [5.74, 6) is -0.755. The van der Waals surface area contributed by atoms with Gasteiger partial charge in [-0.25, -0.2) is 21.2 Å². The minimum atomic E-state index is -3.98. The van der Waals surface area contributed by atoms with Crippen LogP contribution in [0.5, 0.6) is 0 Å². The number of amides is 1. The van der Waals surface area contributed by atoms with Gasteiger partial charge in [0.25, 0.3) is 5.91 Å². The molecule has 172 valence electrons. The van der Waals surface area contributed by atoms with Crippen molar-refractivity contribution in [2.75, 3.05) is 37.7 Å². The van der Waals surface area contributed by atoms with E-state index in [-0.39, 0.29) is 53.7 Å². The van der Waals surface area contributed by atoms with Gasteiger partial charge in [-0.2, -0.15) is 4.31 Å². The third kappa shape index (κ3) is 4.85. The first-order chi connectivity index (χ1) is 15.2. The zero-order chi connectivity index (χ0) is 22.9. The zero-order valence-electron chi connectivity index (χ0n) is 17.2. The molecule has 0 radical (unpaired) electrons. The molecule has 2 heterocycles. The molecule has 2 saturated heterocycles. The molecule has 1 atom stereocenters. The normalized spacial score (nSPS) is 21.5. The van der Waals surface area contributed by atoms with Crippen LogP contribution in [-0.4, -0.2) is 74.9 Å². The minimum absolute atomic E-state index is 0.0680. The van der Waals surface area contributed by atoms with Crippen LogP contribution in [0.2, 0.25) is 0 Å². The number of hydrogen-bond acceptors (Lipinski definition) is 6. The van der Waals surface area contributed by atoms with E-state index in [1.165, 1.54) is 34.3 Å². The molecule has 7 nitrogen and oxygen atoms in total. The van der Waals surface area contributed by atoms with Crippen molar-refractivity contribution in [3.63, 3.8) is 0 Å². The van der Waals surface area contributed by atoms with Crippen molar-refractivity contribution in [2.45, 2.75) is 21.5 Å². The van der Waals surface area contributed by atoms with Crippen LogP contribution in [0.3, 0.4) is 0 Å². The maximum atomic E-state index is 14.0. The van der Waals surface area contributed by atoms with Gasteiger partial charge in [-0.3, -0.25) is 4.79 Å². The Hall–Kier alpha value is -1.95. The number of piperazine rings is 1. The number of carbonyl (C=O) groups excluding carboxylic acids is 1. The summed E-state index contributed by atoms with van der Waals surface area (Å²) in [5.41, 5.74) is 0.479. The van der Waals surface area contributed by atoms with Crippen molar-refractivity contribution in [1.29, 1.82) is 0 Å². The van der Waals surface area contributed by atoms with Crippen LogP contribution in [0.4, 0.5) is 4.39 Å².